The van der Waals surface area contributed by atoms with Gasteiger partial charge in [0.1, 0.15) is 12.4 Å². The van der Waals surface area contributed by atoms with Gasteiger partial charge in [0, 0.05) is 5.56 Å². The fourth-order valence-electron chi connectivity index (χ4n) is 1.50. The number of esters is 1. The highest BCUT2D eigenvalue weighted by Gasteiger charge is 2.21. The lowest BCUT2D eigenvalue weighted by atomic mass is 10.0. The molecule has 0 aliphatic rings. The first-order valence-electron chi connectivity index (χ1n) is 5.65. The van der Waals surface area contributed by atoms with Crippen LogP contribution in [0.3, 0.4) is 0 Å². The smallest absolute Gasteiger partial charge is 0.308 e. The second-order valence-electron chi connectivity index (χ2n) is 3.81. The van der Waals surface area contributed by atoms with Crippen LogP contribution >= 0.6 is 0 Å². The van der Waals surface area contributed by atoms with E-state index in [1.54, 1.807) is 6.92 Å². The normalized spacial score (nSPS) is 13.7. The molecule has 0 amide bonds. The Kier molecular flexibility index (Phi) is 5.48. The first-order chi connectivity index (χ1) is 8.58. The highest BCUT2D eigenvalue weighted by Crippen LogP contribution is 2.19. The van der Waals surface area contributed by atoms with Crippen molar-refractivity contribution >= 4 is 12.3 Å². The molecule has 1 rings (SSSR count). The third-order valence-electron chi connectivity index (χ3n) is 2.46. The van der Waals surface area contributed by atoms with Crippen LogP contribution in [0.4, 0.5) is 0 Å². The second-order valence-corrected chi connectivity index (χ2v) is 3.81. The minimum atomic E-state index is -1.23. The van der Waals surface area contributed by atoms with E-state index in [-0.39, 0.29) is 13.0 Å². The maximum Gasteiger partial charge on any atom is 0.308 e. The second kappa shape index (κ2) is 6.88. The van der Waals surface area contributed by atoms with Crippen LogP contribution in [0.15, 0.2) is 24.3 Å². The molecule has 0 saturated heterocycles. The molecule has 0 fully saturated rings. The Morgan fingerprint density at radius 2 is 1.94 bits per heavy atom. The lowest BCUT2D eigenvalue weighted by Gasteiger charge is -2.17. The van der Waals surface area contributed by atoms with Crippen LogP contribution in [0.1, 0.15) is 35.4 Å². The van der Waals surface area contributed by atoms with Crippen LogP contribution in [0.25, 0.3) is 0 Å². The molecule has 0 spiro atoms. The molecule has 0 aromatic heterocycles. The topological polar surface area (TPSA) is 83.8 Å². The monoisotopic (exact) mass is 252 g/mol. The highest BCUT2D eigenvalue weighted by molar-refractivity contribution is 5.74. The summed E-state index contributed by atoms with van der Waals surface area (Å²) in [7, 11) is 0. The molecule has 5 nitrogen and oxygen atoms in total. The van der Waals surface area contributed by atoms with Gasteiger partial charge in [0.2, 0.25) is 0 Å². The summed E-state index contributed by atoms with van der Waals surface area (Å²) in [5.74, 6) is -0.562. The third kappa shape index (κ3) is 3.94. The van der Waals surface area contributed by atoms with E-state index in [1.807, 2.05) is 0 Å². The summed E-state index contributed by atoms with van der Waals surface area (Å²) >= 11 is 0. The van der Waals surface area contributed by atoms with E-state index in [2.05, 4.69) is 4.74 Å². The molecule has 1 aromatic rings. The number of benzene rings is 1. The van der Waals surface area contributed by atoms with E-state index in [4.69, 9.17) is 0 Å². The highest BCUT2D eigenvalue weighted by atomic mass is 16.5. The van der Waals surface area contributed by atoms with Gasteiger partial charge in [-0.2, -0.15) is 0 Å². The summed E-state index contributed by atoms with van der Waals surface area (Å²) in [5.41, 5.74) is 0.920. The summed E-state index contributed by atoms with van der Waals surface area (Å²) in [6.45, 7) is 1.90. The predicted molar refractivity (Wildman–Crippen MR) is 64.0 cm³/mol. The molecule has 0 aliphatic carbocycles. The zero-order chi connectivity index (χ0) is 13.5. The number of hydrogen-bond acceptors (Lipinski definition) is 5. The summed E-state index contributed by atoms with van der Waals surface area (Å²) in [6, 6.07) is 6.12. The van der Waals surface area contributed by atoms with Crippen molar-refractivity contribution in [3.05, 3.63) is 35.4 Å². The molecule has 2 unspecified atom stereocenters. The van der Waals surface area contributed by atoms with Gasteiger partial charge in [-0.15, -0.1) is 0 Å². The molecule has 0 aliphatic heterocycles. The van der Waals surface area contributed by atoms with E-state index >= 15 is 0 Å². The molecule has 0 bridgehead atoms. The van der Waals surface area contributed by atoms with Crippen molar-refractivity contribution in [2.75, 3.05) is 6.61 Å². The molecule has 18 heavy (non-hydrogen) atoms. The average Bonchev–Trinajstić information content (AvgIpc) is 2.38. The van der Waals surface area contributed by atoms with E-state index < -0.39 is 18.2 Å². The number of aliphatic hydroxyl groups excluding tert-OH is 2. The SMILES string of the molecule is CCOC(=O)CC(O)C(O)c1ccc(C=O)cc1. The van der Waals surface area contributed by atoms with Gasteiger partial charge in [0.25, 0.3) is 0 Å². The largest absolute Gasteiger partial charge is 0.466 e. The van der Waals surface area contributed by atoms with Crippen molar-refractivity contribution in [1.29, 1.82) is 0 Å². The van der Waals surface area contributed by atoms with Crippen LogP contribution in [0.2, 0.25) is 0 Å². The van der Waals surface area contributed by atoms with Crippen LogP contribution in [-0.2, 0) is 9.53 Å². The minimum absolute atomic E-state index is 0.232. The molecule has 1 aromatic carbocycles. The first-order valence-corrected chi connectivity index (χ1v) is 5.65. The Balaban J connectivity index is 2.64. The van der Waals surface area contributed by atoms with Gasteiger partial charge in [-0.05, 0) is 12.5 Å². The number of aliphatic hydroxyl groups is 2. The van der Waals surface area contributed by atoms with Gasteiger partial charge >= 0.3 is 5.97 Å². The Morgan fingerprint density at radius 3 is 2.44 bits per heavy atom. The molecule has 2 atom stereocenters. The molecular weight excluding hydrogens is 236 g/mol. The molecule has 2 N–H and O–H groups in total. The Morgan fingerprint density at radius 1 is 1.33 bits per heavy atom. The molecule has 0 heterocycles. The molecule has 5 heteroatoms. The van der Waals surface area contributed by atoms with E-state index in [0.717, 1.165) is 0 Å². The number of ether oxygens (including phenoxy) is 1. The Labute approximate surface area is 105 Å². The maximum atomic E-state index is 11.2. The molecule has 98 valence electrons. The van der Waals surface area contributed by atoms with Crippen LogP contribution < -0.4 is 0 Å². The van der Waals surface area contributed by atoms with Gasteiger partial charge in [-0.3, -0.25) is 9.59 Å². The van der Waals surface area contributed by atoms with Gasteiger partial charge in [-0.1, -0.05) is 24.3 Å². The van der Waals surface area contributed by atoms with Crippen LogP contribution in [0, 0.1) is 0 Å². The molecular formula is C13H16O5. The van der Waals surface area contributed by atoms with Gasteiger partial charge in [0.15, 0.2) is 0 Å². The van der Waals surface area contributed by atoms with Crippen molar-refractivity contribution in [1.82, 2.24) is 0 Å². The zero-order valence-corrected chi connectivity index (χ0v) is 10.1. The summed E-state index contributed by atoms with van der Waals surface area (Å²) in [6.07, 6.45) is -2.00. The summed E-state index contributed by atoms with van der Waals surface area (Å²) < 4.78 is 4.68. The predicted octanol–water partition coefficient (Wildman–Crippen LogP) is 0.847. The molecule has 0 saturated carbocycles. The summed E-state index contributed by atoms with van der Waals surface area (Å²) in [4.78, 5) is 21.6. The van der Waals surface area contributed by atoms with E-state index in [0.29, 0.717) is 17.4 Å². The van der Waals surface area contributed by atoms with Gasteiger partial charge in [-0.25, -0.2) is 0 Å². The number of carbonyl (C=O) groups excluding carboxylic acids is 2. The van der Waals surface area contributed by atoms with Crippen molar-refractivity contribution < 1.29 is 24.5 Å². The average molecular weight is 252 g/mol. The number of carbonyl (C=O) groups is 2. The zero-order valence-electron chi connectivity index (χ0n) is 10.1. The lowest BCUT2D eigenvalue weighted by Crippen LogP contribution is -2.23. The van der Waals surface area contributed by atoms with Crippen LogP contribution in [-0.4, -0.2) is 35.2 Å². The van der Waals surface area contributed by atoms with Crippen LogP contribution in [0.5, 0.6) is 0 Å². The fraction of sp³-hybridized carbons (Fsp3) is 0.385. The van der Waals surface area contributed by atoms with E-state index in [9.17, 15) is 19.8 Å². The minimum Gasteiger partial charge on any atom is -0.466 e. The fourth-order valence-corrected chi connectivity index (χ4v) is 1.50. The van der Waals surface area contributed by atoms with Crippen molar-refractivity contribution in [3.63, 3.8) is 0 Å². The number of rotatable bonds is 6. The summed E-state index contributed by atoms with van der Waals surface area (Å²) in [5, 5.41) is 19.5. The number of hydrogen-bond donors (Lipinski definition) is 2. The Hall–Kier alpha value is -1.72. The van der Waals surface area contributed by atoms with Crippen molar-refractivity contribution in [3.8, 4) is 0 Å². The third-order valence-corrected chi connectivity index (χ3v) is 2.46. The van der Waals surface area contributed by atoms with Crippen molar-refractivity contribution in [2.45, 2.75) is 25.6 Å². The standard InChI is InChI=1S/C13H16O5/c1-2-18-12(16)7-11(15)13(17)10-5-3-9(8-14)4-6-10/h3-6,8,11,13,15,17H,2,7H2,1H3. The quantitative estimate of drug-likeness (QED) is 0.579. The maximum absolute atomic E-state index is 11.2. The van der Waals surface area contributed by atoms with Crippen molar-refractivity contribution in [2.24, 2.45) is 0 Å². The van der Waals surface area contributed by atoms with E-state index in [1.165, 1.54) is 24.3 Å². The first kappa shape index (κ1) is 14.3. The lowest BCUT2D eigenvalue weighted by molar-refractivity contribution is -0.147. The molecule has 0 radical (unpaired) electrons. The Bertz CT molecular complexity index is 398. The van der Waals surface area contributed by atoms with Gasteiger partial charge in [0.05, 0.1) is 19.1 Å². The number of aldehydes is 1. The van der Waals surface area contributed by atoms with Gasteiger partial charge < -0.3 is 14.9 Å².